The monoisotopic (exact) mass is 170 g/mol. The minimum Gasteiger partial charge on any atom is -0.359 e. The average Bonchev–Trinajstić information content (AvgIpc) is 2.54. The standard InChI is InChI=1S/C9H18N2O/c1-7-5-11-9(12-7)8-3-2-4-10-6-8/h7-11H,2-6H2,1H3. The fraction of sp³-hybridized carbons (Fsp3) is 1.00. The predicted octanol–water partition coefficient (Wildman–Crippen LogP) is 0.320. The maximum Gasteiger partial charge on any atom is 0.112 e. The molecule has 2 rings (SSSR count). The number of hydrogen-bond donors (Lipinski definition) is 2. The molecule has 3 heteroatoms. The smallest absolute Gasteiger partial charge is 0.112 e. The zero-order chi connectivity index (χ0) is 8.39. The van der Waals surface area contributed by atoms with Crippen molar-refractivity contribution in [1.82, 2.24) is 10.6 Å². The summed E-state index contributed by atoms with van der Waals surface area (Å²) in [6, 6.07) is 0. The molecule has 0 aromatic rings. The van der Waals surface area contributed by atoms with Crippen LogP contribution in [-0.4, -0.2) is 32.0 Å². The van der Waals surface area contributed by atoms with E-state index in [0.717, 1.165) is 13.1 Å². The Balaban J connectivity index is 1.83. The topological polar surface area (TPSA) is 33.3 Å². The molecule has 70 valence electrons. The maximum atomic E-state index is 5.75. The van der Waals surface area contributed by atoms with Crippen LogP contribution < -0.4 is 10.6 Å². The number of piperidine rings is 1. The van der Waals surface area contributed by atoms with Gasteiger partial charge in [0.15, 0.2) is 0 Å². The summed E-state index contributed by atoms with van der Waals surface area (Å²) >= 11 is 0. The van der Waals surface area contributed by atoms with Crippen LogP contribution in [0.4, 0.5) is 0 Å². The average molecular weight is 170 g/mol. The summed E-state index contributed by atoms with van der Waals surface area (Å²) in [5, 5.41) is 6.82. The Morgan fingerprint density at radius 1 is 1.33 bits per heavy atom. The van der Waals surface area contributed by atoms with Gasteiger partial charge >= 0.3 is 0 Å². The Bertz CT molecular complexity index is 143. The molecule has 2 heterocycles. The molecule has 2 aliphatic rings. The second-order valence-corrected chi connectivity index (χ2v) is 3.88. The van der Waals surface area contributed by atoms with Gasteiger partial charge in [-0.25, -0.2) is 0 Å². The lowest BCUT2D eigenvalue weighted by molar-refractivity contribution is 0.00579. The van der Waals surface area contributed by atoms with E-state index in [4.69, 9.17) is 4.74 Å². The first kappa shape index (κ1) is 8.48. The number of nitrogens with one attached hydrogen (secondary N) is 2. The number of ether oxygens (including phenoxy) is 1. The third kappa shape index (κ3) is 1.79. The molecule has 0 amide bonds. The highest BCUT2D eigenvalue weighted by atomic mass is 16.5. The third-order valence-corrected chi connectivity index (χ3v) is 2.75. The minimum atomic E-state index is 0.313. The van der Waals surface area contributed by atoms with Gasteiger partial charge in [0.2, 0.25) is 0 Å². The van der Waals surface area contributed by atoms with Gasteiger partial charge in [-0.15, -0.1) is 0 Å². The zero-order valence-electron chi connectivity index (χ0n) is 7.68. The molecule has 0 aliphatic carbocycles. The molecule has 2 aliphatic heterocycles. The van der Waals surface area contributed by atoms with Crippen LogP contribution in [0.1, 0.15) is 19.8 Å². The molecule has 0 radical (unpaired) electrons. The van der Waals surface area contributed by atoms with E-state index in [0.29, 0.717) is 18.2 Å². The molecule has 0 aromatic heterocycles. The summed E-state index contributed by atoms with van der Waals surface area (Å²) in [6.45, 7) is 5.44. The normalized spacial score (nSPS) is 43.2. The van der Waals surface area contributed by atoms with E-state index in [1.54, 1.807) is 0 Å². The molecule has 3 unspecified atom stereocenters. The van der Waals surface area contributed by atoms with Crippen molar-refractivity contribution >= 4 is 0 Å². The third-order valence-electron chi connectivity index (χ3n) is 2.75. The quantitative estimate of drug-likeness (QED) is 0.594. The molecule has 0 spiro atoms. The van der Waals surface area contributed by atoms with Crippen LogP contribution in [0.2, 0.25) is 0 Å². The SMILES string of the molecule is CC1CNC(C2CCCNC2)O1. The van der Waals surface area contributed by atoms with Gasteiger partial charge in [-0.1, -0.05) is 0 Å². The fourth-order valence-corrected chi connectivity index (χ4v) is 2.04. The summed E-state index contributed by atoms with van der Waals surface area (Å²) in [5.41, 5.74) is 0. The van der Waals surface area contributed by atoms with E-state index >= 15 is 0 Å². The summed E-state index contributed by atoms with van der Waals surface area (Å²) < 4.78 is 5.75. The number of rotatable bonds is 1. The maximum absolute atomic E-state index is 5.75. The van der Waals surface area contributed by atoms with E-state index in [9.17, 15) is 0 Å². The Kier molecular flexibility index (Phi) is 2.63. The molecule has 3 atom stereocenters. The summed E-state index contributed by atoms with van der Waals surface area (Å²) in [4.78, 5) is 0. The minimum absolute atomic E-state index is 0.313. The van der Waals surface area contributed by atoms with Gasteiger partial charge in [-0.2, -0.15) is 0 Å². The predicted molar refractivity (Wildman–Crippen MR) is 47.9 cm³/mol. The van der Waals surface area contributed by atoms with Gasteiger partial charge in [-0.3, -0.25) is 5.32 Å². The lowest BCUT2D eigenvalue weighted by Gasteiger charge is -2.27. The van der Waals surface area contributed by atoms with Gasteiger partial charge in [0.05, 0.1) is 6.10 Å². The van der Waals surface area contributed by atoms with Gasteiger partial charge in [0.25, 0.3) is 0 Å². The van der Waals surface area contributed by atoms with Crippen molar-refractivity contribution in [2.45, 2.75) is 32.1 Å². The number of hydrogen-bond acceptors (Lipinski definition) is 3. The van der Waals surface area contributed by atoms with Crippen molar-refractivity contribution in [2.75, 3.05) is 19.6 Å². The Morgan fingerprint density at radius 3 is 2.83 bits per heavy atom. The fourth-order valence-electron chi connectivity index (χ4n) is 2.04. The molecule has 2 saturated heterocycles. The summed E-state index contributed by atoms with van der Waals surface area (Å²) in [6.07, 6.45) is 3.31. The second kappa shape index (κ2) is 3.73. The molecule has 2 fully saturated rings. The van der Waals surface area contributed by atoms with Crippen molar-refractivity contribution in [3.05, 3.63) is 0 Å². The molecule has 0 aromatic carbocycles. The molecule has 0 saturated carbocycles. The lowest BCUT2D eigenvalue weighted by atomic mass is 9.98. The molecular formula is C9H18N2O. The van der Waals surface area contributed by atoms with E-state index < -0.39 is 0 Å². The van der Waals surface area contributed by atoms with Crippen molar-refractivity contribution < 1.29 is 4.74 Å². The van der Waals surface area contributed by atoms with E-state index in [1.807, 2.05) is 0 Å². The Hall–Kier alpha value is -0.120. The first-order chi connectivity index (χ1) is 5.86. The largest absolute Gasteiger partial charge is 0.359 e. The Morgan fingerprint density at radius 2 is 2.25 bits per heavy atom. The second-order valence-electron chi connectivity index (χ2n) is 3.88. The highest BCUT2D eigenvalue weighted by Gasteiger charge is 2.29. The van der Waals surface area contributed by atoms with E-state index in [1.165, 1.54) is 19.4 Å². The van der Waals surface area contributed by atoms with Crippen LogP contribution in [0.25, 0.3) is 0 Å². The van der Waals surface area contributed by atoms with E-state index in [-0.39, 0.29) is 0 Å². The first-order valence-electron chi connectivity index (χ1n) is 4.96. The summed E-state index contributed by atoms with van der Waals surface area (Å²) in [5.74, 6) is 0.684. The van der Waals surface area contributed by atoms with Crippen LogP contribution in [0.3, 0.4) is 0 Å². The zero-order valence-corrected chi connectivity index (χ0v) is 7.68. The molecule has 2 N–H and O–H groups in total. The van der Waals surface area contributed by atoms with Crippen LogP contribution in [0.15, 0.2) is 0 Å². The van der Waals surface area contributed by atoms with Crippen molar-refractivity contribution in [3.63, 3.8) is 0 Å². The van der Waals surface area contributed by atoms with Gasteiger partial charge in [0, 0.05) is 19.0 Å². The van der Waals surface area contributed by atoms with Gasteiger partial charge < -0.3 is 10.1 Å². The molecule has 0 bridgehead atoms. The molecule has 12 heavy (non-hydrogen) atoms. The summed E-state index contributed by atoms with van der Waals surface area (Å²) in [7, 11) is 0. The van der Waals surface area contributed by atoms with Crippen molar-refractivity contribution in [3.8, 4) is 0 Å². The molecular weight excluding hydrogens is 152 g/mol. The van der Waals surface area contributed by atoms with Crippen LogP contribution in [0.5, 0.6) is 0 Å². The Labute approximate surface area is 73.9 Å². The highest BCUT2D eigenvalue weighted by molar-refractivity contribution is 4.80. The highest BCUT2D eigenvalue weighted by Crippen LogP contribution is 2.19. The van der Waals surface area contributed by atoms with Crippen LogP contribution in [-0.2, 0) is 4.74 Å². The first-order valence-corrected chi connectivity index (χ1v) is 4.96. The van der Waals surface area contributed by atoms with E-state index in [2.05, 4.69) is 17.6 Å². The van der Waals surface area contributed by atoms with Crippen LogP contribution >= 0.6 is 0 Å². The lowest BCUT2D eigenvalue weighted by Crippen LogP contribution is -2.41. The molecule has 3 nitrogen and oxygen atoms in total. The van der Waals surface area contributed by atoms with Gasteiger partial charge in [0.1, 0.15) is 6.23 Å². The van der Waals surface area contributed by atoms with Gasteiger partial charge in [-0.05, 0) is 26.3 Å². The van der Waals surface area contributed by atoms with Crippen molar-refractivity contribution in [2.24, 2.45) is 5.92 Å². The van der Waals surface area contributed by atoms with Crippen molar-refractivity contribution in [1.29, 1.82) is 0 Å². The van der Waals surface area contributed by atoms with Crippen LogP contribution in [0, 0.1) is 5.92 Å².